The standard InChI is InChI=1S/C37H35N7O.C2H4O2/c1-24-25(2)40-32-20-34-33(19-31(32)39-24)41-36(37(45)42-34)30-23-43(17-9-16-38)35-15-14-28(18-29(30)35)44(21-26-10-5-3-6-11-26)22-27-12-7-4-8-13-27;1-2(3)4/h3-8,10-15,18-20,23H,9,16-17,21-22,38H2,1-2H3,(H,42,45);1H3,(H,3,4). The molecule has 0 saturated carbocycles. The van der Waals surface area contributed by atoms with Gasteiger partial charge in [-0.3, -0.25) is 9.59 Å². The molecule has 0 saturated heterocycles. The van der Waals surface area contributed by atoms with Crippen LogP contribution >= 0.6 is 0 Å². The molecule has 4 aromatic carbocycles. The second kappa shape index (κ2) is 14.5. The minimum atomic E-state index is -0.833. The van der Waals surface area contributed by atoms with Crippen LogP contribution in [-0.4, -0.2) is 42.1 Å². The first-order chi connectivity index (χ1) is 23.7. The number of carboxylic acids is 1. The van der Waals surface area contributed by atoms with Crippen LogP contribution < -0.4 is 16.2 Å². The Bertz CT molecular complexity index is 2270. The quantitative estimate of drug-likeness (QED) is 0.145. The van der Waals surface area contributed by atoms with E-state index in [9.17, 15) is 4.79 Å². The molecule has 0 fully saturated rings. The summed E-state index contributed by atoms with van der Waals surface area (Å²) in [6.45, 7) is 7.78. The highest BCUT2D eigenvalue weighted by Gasteiger charge is 2.19. The first-order valence-corrected chi connectivity index (χ1v) is 16.2. The van der Waals surface area contributed by atoms with Gasteiger partial charge in [0.25, 0.3) is 11.5 Å². The molecule has 0 aliphatic carbocycles. The summed E-state index contributed by atoms with van der Waals surface area (Å²) >= 11 is 0. The molecule has 0 bridgehead atoms. The van der Waals surface area contributed by atoms with Crippen molar-refractivity contribution in [3.05, 3.63) is 130 Å². The number of benzene rings is 4. The maximum absolute atomic E-state index is 13.7. The molecule has 248 valence electrons. The molecule has 3 aromatic heterocycles. The first-order valence-electron chi connectivity index (χ1n) is 16.2. The van der Waals surface area contributed by atoms with Gasteiger partial charge in [-0.25, -0.2) is 15.0 Å². The van der Waals surface area contributed by atoms with Gasteiger partial charge < -0.3 is 25.3 Å². The second-order valence-corrected chi connectivity index (χ2v) is 12.1. The lowest BCUT2D eigenvalue weighted by atomic mass is 10.1. The number of aromatic amines is 1. The van der Waals surface area contributed by atoms with Gasteiger partial charge in [0.05, 0.1) is 33.5 Å². The monoisotopic (exact) mass is 653 g/mol. The van der Waals surface area contributed by atoms with E-state index in [4.69, 9.17) is 25.6 Å². The van der Waals surface area contributed by atoms with Crippen molar-refractivity contribution in [1.82, 2.24) is 24.5 Å². The summed E-state index contributed by atoms with van der Waals surface area (Å²) in [5.41, 5.74) is 15.9. The van der Waals surface area contributed by atoms with Crippen molar-refractivity contribution < 1.29 is 9.90 Å². The van der Waals surface area contributed by atoms with E-state index in [1.165, 1.54) is 11.1 Å². The highest BCUT2D eigenvalue weighted by molar-refractivity contribution is 5.98. The average molecular weight is 654 g/mol. The molecule has 0 aliphatic rings. The number of aromatic nitrogens is 5. The Kier molecular flexibility index (Phi) is 9.77. The lowest BCUT2D eigenvalue weighted by molar-refractivity contribution is -0.134. The van der Waals surface area contributed by atoms with Crippen molar-refractivity contribution in [2.24, 2.45) is 5.73 Å². The molecule has 49 heavy (non-hydrogen) atoms. The molecule has 0 spiro atoms. The van der Waals surface area contributed by atoms with E-state index in [-0.39, 0.29) is 5.56 Å². The van der Waals surface area contributed by atoms with Crippen LogP contribution in [0, 0.1) is 13.8 Å². The number of anilines is 1. The van der Waals surface area contributed by atoms with Gasteiger partial charge in [0.1, 0.15) is 5.69 Å². The van der Waals surface area contributed by atoms with Gasteiger partial charge in [-0.05, 0) is 68.3 Å². The van der Waals surface area contributed by atoms with E-state index in [1.54, 1.807) is 0 Å². The Morgan fingerprint density at radius 3 is 2.02 bits per heavy atom. The largest absolute Gasteiger partial charge is 0.481 e. The second-order valence-electron chi connectivity index (χ2n) is 12.1. The van der Waals surface area contributed by atoms with Gasteiger partial charge in [-0.15, -0.1) is 0 Å². The summed E-state index contributed by atoms with van der Waals surface area (Å²) in [6.07, 6.45) is 2.87. The third kappa shape index (κ3) is 7.50. The average Bonchev–Trinajstić information content (AvgIpc) is 3.45. The summed E-state index contributed by atoms with van der Waals surface area (Å²) in [5.74, 6) is -0.833. The summed E-state index contributed by atoms with van der Waals surface area (Å²) < 4.78 is 2.18. The number of nitrogens with two attached hydrogens (primary N) is 1. The van der Waals surface area contributed by atoms with E-state index in [1.807, 2.05) is 44.3 Å². The van der Waals surface area contributed by atoms with Crippen molar-refractivity contribution in [1.29, 1.82) is 0 Å². The number of aliphatic carboxylic acids is 1. The minimum Gasteiger partial charge on any atom is -0.481 e. The number of rotatable bonds is 9. The molecule has 0 amide bonds. The topological polar surface area (TPSA) is 143 Å². The smallest absolute Gasteiger partial charge is 0.300 e. The number of hydrogen-bond donors (Lipinski definition) is 3. The lowest BCUT2D eigenvalue weighted by Crippen LogP contribution is -2.22. The van der Waals surface area contributed by atoms with Gasteiger partial charge >= 0.3 is 0 Å². The van der Waals surface area contributed by atoms with Crippen molar-refractivity contribution in [3.8, 4) is 11.3 Å². The van der Waals surface area contributed by atoms with Crippen molar-refractivity contribution in [2.75, 3.05) is 11.4 Å². The van der Waals surface area contributed by atoms with Gasteiger partial charge in [-0.1, -0.05) is 60.7 Å². The number of nitrogens with zero attached hydrogens (tertiary/aromatic N) is 5. The van der Waals surface area contributed by atoms with Gasteiger partial charge in [0.15, 0.2) is 0 Å². The molecule has 0 radical (unpaired) electrons. The highest BCUT2D eigenvalue weighted by Crippen LogP contribution is 2.33. The fourth-order valence-electron chi connectivity index (χ4n) is 5.96. The van der Waals surface area contributed by atoms with Crippen LogP contribution in [0.1, 0.15) is 35.9 Å². The molecule has 7 rings (SSSR count). The lowest BCUT2D eigenvalue weighted by Gasteiger charge is -2.26. The summed E-state index contributed by atoms with van der Waals surface area (Å²) in [4.78, 5) is 42.4. The maximum atomic E-state index is 13.7. The maximum Gasteiger partial charge on any atom is 0.300 e. The molecule has 3 heterocycles. The van der Waals surface area contributed by atoms with Crippen LogP contribution in [0.25, 0.3) is 44.2 Å². The van der Waals surface area contributed by atoms with Crippen LogP contribution in [-0.2, 0) is 24.4 Å². The number of nitrogens with one attached hydrogen (secondary N) is 1. The zero-order valence-electron chi connectivity index (χ0n) is 27.9. The number of H-pyrrole nitrogens is 1. The zero-order valence-corrected chi connectivity index (χ0v) is 27.9. The number of carboxylic acid groups (broad SMARTS) is 1. The predicted octanol–water partition coefficient (Wildman–Crippen LogP) is 6.75. The van der Waals surface area contributed by atoms with E-state index >= 15 is 0 Å². The number of aryl methyl sites for hydroxylation is 3. The van der Waals surface area contributed by atoms with Gasteiger partial charge in [0, 0.05) is 54.9 Å². The molecule has 10 nitrogen and oxygen atoms in total. The molecular formula is C39H39N7O3. The van der Waals surface area contributed by atoms with Gasteiger partial charge in [0.2, 0.25) is 0 Å². The summed E-state index contributed by atoms with van der Waals surface area (Å²) in [7, 11) is 0. The third-order valence-electron chi connectivity index (χ3n) is 8.41. The number of hydrogen-bond acceptors (Lipinski definition) is 7. The van der Waals surface area contributed by atoms with Crippen LogP contribution in [0.4, 0.5) is 5.69 Å². The van der Waals surface area contributed by atoms with Crippen LogP contribution in [0.2, 0.25) is 0 Å². The molecule has 0 aliphatic heterocycles. The Hall–Kier alpha value is -5.87. The van der Waals surface area contributed by atoms with Crippen molar-refractivity contribution in [2.45, 2.75) is 46.8 Å². The highest BCUT2D eigenvalue weighted by atomic mass is 16.4. The molecule has 0 atom stereocenters. The van der Waals surface area contributed by atoms with Crippen LogP contribution in [0.5, 0.6) is 0 Å². The number of carbonyl (C=O) groups is 1. The first kappa shape index (κ1) is 33.0. The molecular weight excluding hydrogens is 614 g/mol. The van der Waals surface area contributed by atoms with Crippen LogP contribution in [0.15, 0.2) is 102 Å². The Morgan fingerprint density at radius 1 is 0.837 bits per heavy atom. The van der Waals surface area contributed by atoms with E-state index in [0.717, 1.165) is 77.6 Å². The molecule has 7 aromatic rings. The normalized spacial score (nSPS) is 11.1. The Morgan fingerprint density at radius 2 is 1.43 bits per heavy atom. The summed E-state index contributed by atoms with van der Waals surface area (Å²) in [5, 5.41) is 8.39. The van der Waals surface area contributed by atoms with Gasteiger partial charge in [-0.2, -0.15) is 0 Å². The van der Waals surface area contributed by atoms with Crippen molar-refractivity contribution >= 4 is 44.6 Å². The molecule has 10 heteroatoms. The predicted molar refractivity (Wildman–Crippen MR) is 196 cm³/mol. The fourth-order valence-corrected chi connectivity index (χ4v) is 5.96. The van der Waals surface area contributed by atoms with Crippen LogP contribution in [0.3, 0.4) is 0 Å². The zero-order chi connectivity index (χ0) is 34.5. The molecule has 4 N–H and O–H groups in total. The van der Waals surface area contributed by atoms with E-state index < -0.39 is 5.97 Å². The SMILES string of the molecule is CC(=O)O.Cc1nc2cc3nc(-c4cn(CCCN)c5ccc(N(Cc6ccccc6)Cc6ccccc6)cc45)c(=O)[nH]c3cc2nc1C. The number of fused-ring (bicyclic) bond motifs is 3. The third-order valence-corrected chi connectivity index (χ3v) is 8.41. The Balaban J connectivity index is 0.000000989. The van der Waals surface area contributed by atoms with E-state index in [0.29, 0.717) is 23.3 Å². The van der Waals surface area contributed by atoms with E-state index in [2.05, 4.69) is 86.2 Å². The Labute approximate surface area is 283 Å². The van der Waals surface area contributed by atoms with Crippen molar-refractivity contribution in [3.63, 3.8) is 0 Å². The molecule has 0 unspecified atom stereocenters. The fraction of sp³-hybridized carbons (Fsp3) is 0.205. The summed E-state index contributed by atoms with van der Waals surface area (Å²) in [6, 6.07) is 31.3. The minimum absolute atomic E-state index is 0.243.